The Labute approximate surface area is 147 Å². The van der Waals surface area contributed by atoms with Crippen molar-refractivity contribution >= 4 is 5.91 Å². The molecule has 0 aromatic heterocycles. The molecular weight excluding hydrogens is 320 g/mol. The van der Waals surface area contributed by atoms with E-state index >= 15 is 0 Å². The first kappa shape index (κ1) is 18.8. The molecule has 25 heavy (non-hydrogen) atoms. The highest BCUT2D eigenvalue weighted by Gasteiger charge is 2.18. The van der Waals surface area contributed by atoms with Gasteiger partial charge in [0.1, 0.15) is 11.5 Å². The summed E-state index contributed by atoms with van der Waals surface area (Å²) in [7, 11) is 3.16. The molecule has 0 aliphatic carbocycles. The second-order valence-corrected chi connectivity index (χ2v) is 5.53. The van der Waals surface area contributed by atoms with Crippen molar-refractivity contribution in [1.82, 2.24) is 4.90 Å². The molecule has 0 heterocycles. The molecule has 0 bridgehead atoms. The highest BCUT2D eigenvalue weighted by atomic mass is 16.5. The molecular formula is C19H24N2O4. The lowest BCUT2D eigenvalue weighted by Gasteiger charge is -2.23. The summed E-state index contributed by atoms with van der Waals surface area (Å²) in [5.74, 6) is 1.18. The first-order valence-corrected chi connectivity index (χ1v) is 8.03. The summed E-state index contributed by atoms with van der Waals surface area (Å²) in [6, 6.07) is 12.6. The van der Waals surface area contributed by atoms with Gasteiger partial charge in [0.15, 0.2) is 0 Å². The van der Waals surface area contributed by atoms with Crippen LogP contribution >= 0.6 is 0 Å². The summed E-state index contributed by atoms with van der Waals surface area (Å²) < 4.78 is 10.6. The molecule has 0 saturated carbocycles. The van der Waals surface area contributed by atoms with Crippen LogP contribution in [0.15, 0.2) is 42.5 Å². The molecule has 6 heteroatoms. The molecule has 0 spiro atoms. The molecule has 0 aliphatic heterocycles. The number of benzene rings is 2. The van der Waals surface area contributed by atoms with Crippen molar-refractivity contribution in [2.45, 2.75) is 13.1 Å². The van der Waals surface area contributed by atoms with Crippen molar-refractivity contribution in [3.8, 4) is 11.5 Å². The zero-order valence-electron chi connectivity index (χ0n) is 14.6. The molecule has 0 aliphatic rings. The van der Waals surface area contributed by atoms with Crippen LogP contribution in [0, 0.1) is 0 Å². The normalized spacial score (nSPS) is 10.4. The standard InChI is InChI=1S/C19H24N2O4/c1-24-17-7-8-18(25-2)16(11-17)13-21(9-10-22)19(23)15-5-3-14(12-20)4-6-15/h3-8,11,22H,9-10,12-13,20H2,1-2H3. The van der Waals surface area contributed by atoms with Crippen LogP contribution in [0.3, 0.4) is 0 Å². The maximum absolute atomic E-state index is 12.8. The van der Waals surface area contributed by atoms with Gasteiger partial charge in [0, 0.05) is 30.8 Å². The number of amides is 1. The third kappa shape index (κ3) is 4.71. The number of nitrogens with zero attached hydrogens (tertiary/aromatic N) is 1. The van der Waals surface area contributed by atoms with Crippen LogP contribution < -0.4 is 15.2 Å². The zero-order valence-corrected chi connectivity index (χ0v) is 14.6. The van der Waals surface area contributed by atoms with Crippen molar-refractivity contribution in [3.05, 3.63) is 59.2 Å². The van der Waals surface area contributed by atoms with Crippen LogP contribution in [0.2, 0.25) is 0 Å². The van der Waals surface area contributed by atoms with Crippen molar-refractivity contribution < 1.29 is 19.4 Å². The molecule has 2 aromatic rings. The number of carbonyl (C=O) groups is 1. The second kappa shape index (κ2) is 9.05. The minimum absolute atomic E-state index is 0.126. The molecule has 134 valence electrons. The number of aliphatic hydroxyl groups excluding tert-OH is 1. The summed E-state index contributed by atoms with van der Waals surface area (Å²) >= 11 is 0. The van der Waals surface area contributed by atoms with E-state index in [1.54, 1.807) is 43.4 Å². The van der Waals surface area contributed by atoms with E-state index in [0.717, 1.165) is 11.1 Å². The van der Waals surface area contributed by atoms with Crippen molar-refractivity contribution in [3.63, 3.8) is 0 Å². The minimum atomic E-state index is -0.164. The van der Waals surface area contributed by atoms with Gasteiger partial charge in [0.2, 0.25) is 0 Å². The molecule has 0 atom stereocenters. The van der Waals surface area contributed by atoms with E-state index < -0.39 is 0 Å². The lowest BCUT2D eigenvalue weighted by molar-refractivity contribution is 0.0706. The van der Waals surface area contributed by atoms with E-state index in [1.807, 2.05) is 18.2 Å². The lowest BCUT2D eigenvalue weighted by atomic mass is 10.1. The molecule has 1 amide bonds. The molecule has 0 unspecified atom stereocenters. The average molecular weight is 344 g/mol. The third-order valence-corrected chi connectivity index (χ3v) is 3.94. The van der Waals surface area contributed by atoms with Gasteiger partial charge in [-0.05, 0) is 35.9 Å². The zero-order chi connectivity index (χ0) is 18.2. The number of hydrogen-bond donors (Lipinski definition) is 2. The number of carbonyl (C=O) groups excluding carboxylic acids is 1. The molecule has 2 aromatic carbocycles. The van der Waals surface area contributed by atoms with Gasteiger partial charge < -0.3 is 25.2 Å². The number of hydrogen-bond acceptors (Lipinski definition) is 5. The number of ether oxygens (including phenoxy) is 2. The largest absolute Gasteiger partial charge is 0.497 e. The first-order valence-electron chi connectivity index (χ1n) is 8.03. The highest BCUT2D eigenvalue weighted by Crippen LogP contribution is 2.25. The minimum Gasteiger partial charge on any atom is -0.497 e. The molecule has 0 fully saturated rings. The van der Waals surface area contributed by atoms with E-state index in [-0.39, 0.29) is 19.1 Å². The van der Waals surface area contributed by atoms with Gasteiger partial charge >= 0.3 is 0 Å². The van der Waals surface area contributed by atoms with Crippen LogP contribution in [0.25, 0.3) is 0 Å². The molecule has 6 nitrogen and oxygen atoms in total. The third-order valence-electron chi connectivity index (χ3n) is 3.94. The molecule has 0 radical (unpaired) electrons. The fourth-order valence-corrected chi connectivity index (χ4v) is 2.55. The van der Waals surface area contributed by atoms with Gasteiger partial charge in [-0.15, -0.1) is 0 Å². The quantitative estimate of drug-likeness (QED) is 0.763. The summed E-state index contributed by atoms with van der Waals surface area (Å²) in [6.07, 6.45) is 0. The van der Waals surface area contributed by atoms with Gasteiger partial charge in [-0.25, -0.2) is 0 Å². The Bertz CT molecular complexity index is 701. The average Bonchev–Trinajstić information content (AvgIpc) is 2.67. The number of nitrogens with two attached hydrogens (primary N) is 1. The summed E-state index contributed by atoms with van der Waals surface area (Å²) in [5, 5.41) is 9.35. The van der Waals surface area contributed by atoms with E-state index in [9.17, 15) is 9.90 Å². The summed E-state index contributed by atoms with van der Waals surface area (Å²) in [4.78, 5) is 14.4. The van der Waals surface area contributed by atoms with E-state index in [0.29, 0.717) is 30.2 Å². The van der Waals surface area contributed by atoms with E-state index in [2.05, 4.69) is 0 Å². The van der Waals surface area contributed by atoms with Crippen molar-refractivity contribution in [2.75, 3.05) is 27.4 Å². The Kier molecular flexibility index (Phi) is 6.80. The molecule has 0 saturated heterocycles. The second-order valence-electron chi connectivity index (χ2n) is 5.53. The SMILES string of the molecule is COc1ccc(OC)c(CN(CCO)C(=O)c2ccc(CN)cc2)c1. The predicted octanol–water partition coefficient (Wildman–Crippen LogP) is 1.80. The van der Waals surface area contributed by atoms with E-state index in [1.165, 1.54) is 0 Å². The van der Waals surface area contributed by atoms with E-state index in [4.69, 9.17) is 15.2 Å². The summed E-state index contributed by atoms with van der Waals surface area (Å²) in [6.45, 7) is 0.824. The fourth-order valence-electron chi connectivity index (χ4n) is 2.55. The fraction of sp³-hybridized carbons (Fsp3) is 0.316. The van der Waals surface area contributed by atoms with Crippen LogP contribution in [0.4, 0.5) is 0 Å². The Morgan fingerprint density at radius 1 is 1.12 bits per heavy atom. The highest BCUT2D eigenvalue weighted by molar-refractivity contribution is 5.94. The van der Waals surface area contributed by atoms with Gasteiger partial charge in [0.05, 0.1) is 20.8 Å². The number of aliphatic hydroxyl groups is 1. The topological polar surface area (TPSA) is 85.0 Å². The summed E-state index contributed by atoms with van der Waals surface area (Å²) in [5.41, 5.74) is 7.91. The van der Waals surface area contributed by atoms with Crippen LogP contribution in [-0.4, -0.2) is 43.3 Å². The monoisotopic (exact) mass is 344 g/mol. The van der Waals surface area contributed by atoms with Crippen molar-refractivity contribution in [1.29, 1.82) is 0 Å². The van der Waals surface area contributed by atoms with Gasteiger partial charge in [-0.3, -0.25) is 4.79 Å². The van der Waals surface area contributed by atoms with Crippen LogP contribution in [0.1, 0.15) is 21.5 Å². The Balaban J connectivity index is 2.26. The number of rotatable bonds is 8. The van der Waals surface area contributed by atoms with Gasteiger partial charge in [0.25, 0.3) is 5.91 Å². The van der Waals surface area contributed by atoms with Crippen LogP contribution in [0.5, 0.6) is 11.5 Å². The Morgan fingerprint density at radius 3 is 2.40 bits per heavy atom. The maximum Gasteiger partial charge on any atom is 0.254 e. The lowest BCUT2D eigenvalue weighted by Crippen LogP contribution is -2.33. The number of methoxy groups -OCH3 is 2. The predicted molar refractivity (Wildman–Crippen MR) is 95.7 cm³/mol. The Hall–Kier alpha value is -2.57. The smallest absolute Gasteiger partial charge is 0.254 e. The van der Waals surface area contributed by atoms with Crippen LogP contribution in [-0.2, 0) is 13.1 Å². The van der Waals surface area contributed by atoms with Gasteiger partial charge in [-0.1, -0.05) is 12.1 Å². The first-order chi connectivity index (χ1) is 12.1. The van der Waals surface area contributed by atoms with Gasteiger partial charge in [-0.2, -0.15) is 0 Å². The van der Waals surface area contributed by atoms with Crippen molar-refractivity contribution in [2.24, 2.45) is 5.73 Å². The molecule has 2 rings (SSSR count). The maximum atomic E-state index is 12.8. The Morgan fingerprint density at radius 2 is 1.84 bits per heavy atom. The molecule has 3 N–H and O–H groups in total.